The predicted molar refractivity (Wildman–Crippen MR) is 113 cm³/mol. The highest BCUT2D eigenvalue weighted by Crippen LogP contribution is 2.36. The number of Topliss-reactive ketones (excluding diaryl/α,β-unsaturated/α-hetero) is 1. The van der Waals surface area contributed by atoms with Crippen LogP contribution < -0.4 is 9.47 Å². The zero-order valence-corrected chi connectivity index (χ0v) is 17.2. The Morgan fingerprint density at radius 1 is 1.07 bits per heavy atom. The van der Waals surface area contributed by atoms with Gasteiger partial charge in [-0.15, -0.1) is 0 Å². The van der Waals surface area contributed by atoms with Crippen molar-refractivity contribution >= 4 is 28.3 Å². The summed E-state index contributed by atoms with van der Waals surface area (Å²) in [5.74, 6) is -1.12. The number of carbonyl (C=O) groups excluding carboxylic acids is 1. The molecule has 0 amide bonds. The molecule has 150 valence electrons. The number of ketones is 1. The van der Waals surface area contributed by atoms with Crippen LogP contribution in [0.3, 0.4) is 0 Å². The molecule has 0 radical (unpaired) electrons. The van der Waals surface area contributed by atoms with Gasteiger partial charge < -0.3 is 9.47 Å². The molecule has 1 atom stereocenters. The fourth-order valence-electron chi connectivity index (χ4n) is 3.31. The lowest BCUT2D eigenvalue weighted by atomic mass is 9.83. The highest BCUT2D eigenvalue weighted by Gasteiger charge is 2.29. The number of fused-ring (bicyclic) bond motifs is 1. The van der Waals surface area contributed by atoms with Crippen molar-refractivity contribution in [2.75, 3.05) is 14.2 Å². The van der Waals surface area contributed by atoms with E-state index in [4.69, 9.17) is 21.1 Å². The molecule has 0 saturated heterocycles. The molecule has 0 aliphatic carbocycles. The molecule has 6 nitrogen and oxygen atoms in total. The zero-order valence-electron chi connectivity index (χ0n) is 16.4. The van der Waals surface area contributed by atoms with Gasteiger partial charge in [-0.05, 0) is 35.9 Å². The zero-order chi connectivity index (χ0) is 21.7. The van der Waals surface area contributed by atoms with Crippen molar-refractivity contribution in [3.63, 3.8) is 0 Å². The monoisotopic (exact) mass is 419 g/mol. The molecular weight excluding hydrogens is 402 g/mol. The summed E-state index contributed by atoms with van der Waals surface area (Å²) in [4.78, 5) is 17.4. The second-order valence-corrected chi connectivity index (χ2v) is 6.96. The second-order valence-electron chi connectivity index (χ2n) is 6.60. The number of carbonyl (C=O) groups is 1. The number of para-hydroxylation sites is 1. The molecule has 2 aromatic carbocycles. The summed E-state index contributed by atoms with van der Waals surface area (Å²) < 4.78 is 10.5. The fraction of sp³-hybridized carbons (Fsp3) is 0.217. The molecule has 30 heavy (non-hydrogen) atoms. The topological polar surface area (TPSA) is 96.0 Å². The molecule has 3 aromatic rings. The third-order valence-electron chi connectivity index (χ3n) is 4.90. The lowest BCUT2D eigenvalue weighted by Crippen LogP contribution is -2.16. The van der Waals surface area contributed by atoms with Crippen LogP contribution in [0.2, 0.25) is 5.15 Å². The van der Waals surface area contributed by atoms with Gasteiger partial charge in [-0.25, -0.2) is 4.98 Å². The van der Waals surface area contributed by atoms with Gasteiger partial charge in [-0.3, -0.25) is 4.79 Å². The average Bonchev–Trinajstić information content (AvgIpc) is 2.78. The Kier molecular flexibility index (Phi) is 6.51. The first-order valence-electron chi connectivity index (χ1n) is 9.12. The first kappa shape index (κ1) is 21.1. The number of nitrogens with zero attached hydrogens (tertiary/aromatic N) is 3. The lowest BCUT2D eigenvalue weighted by Gasteiger charge is -2.19. The van der Waals surface area contributed by atoms with E-state index < -0.39 is 11.8 Å². The number of methoxy groups -OCH3 is 2. The summed E-state index contributed by atoms with van der Waals surface area (Å²) in [5, 5.41) is 20.0. The van der Waals surface area contributed by atoms with Crippen molar-refractivity contribution in [2.24, 2.45) is 5.92 Å². The van der Waals surface area contributed by atoms with Crippen LogP contribution in [0.1, 0.15) is 28.3 Å². The molecule has 1 unspecified atom stereocenters. The van der Waals surface area contributed by atoms with Gasteiger partial charge in [-0.2, -0.15) is 10.5 Å². The molecule has 0 fully saturated rings. The van der Waals surface area contributed by atoms with E-state index in [-0.39, 0.29) is 17.4 Å². The Balaban J connectivity index is 2.02. The Morgan fingerprint density at radius 2 is 1.77 bits per heavy atom. The average molecular weight is 420 g/mol. The van der Waals surface area contributed by atoms with Crippen LogP contribution in [-0.2, 0) is 0 Å². The Labute approximate surface area is 179 Å². The number of hydrogen-bond acceptors (Lipinski definition) is 6. The smallest absolute Gasteiger partial charge is 0.163 e. The third-order valence-corrected chi connectivity index (χ3v) is 5.20. The maximum Gasteiger partial charge on any atom is 0.163 e. The first-order valence-corrected chi connectivity index (χ1v) is 9.49. The van der Waals surface area contributed by atoms with Gasteiger partial charge in [0.2, 0.25) is 0 Å². The first-order chi connectivity index (χ1) is 14.5. The van der Waals surface area contributed by atoms with Crippen molar-refractivity contribution in [3.05, 3.63) is 64.8 Å². The number of rotatable bonds is 7. The number of aromatic nitrogens is 1. The largest absolute Gasteiger partial charge is 0.493 e. The quantitative estimate of drug-likeness (QED) is 0.398. The van der Waals surface area contributed by atoms with Gasteiger partial charge >= 0.3 is 0 Å². The van der Waals surface area contributed by atoms with E-state index in [1.165, 1.54) is 14.2 Å². The van der Waals surface area contributed by atoms with Crippen molar-refractivity contribution in [3.8, 4) is 23.6 Å². The van der Waals surface area contributed by atoms with E-state index in [1.807, 2.05) is 36.4 Å². The molecule has 0 spiro atoms. The number of ether oxygens (including phenoxy) is 2. The Morgan fingerprint density at radius 3 is 2.43 bits per heavy atom. The summed E-state index contributed by atoms with van der Waals surface area (Å²) in [6.45, 7) is 0. The summed E-state index contributed by atoms with van der Waals surface area (Å²) in [7, 11) is 2.99. The number of pyridine rings is 1. The third kappa shape index (κ3) is 4.20. The number of benzene rings is 2. The maximum atomic E-state index is 13.0. The van der Waals surface area contributed by atoms with Crippen molar-refractivity contribution in [2.45, 2.75) is 12.3 Å². The molecule has 7 heteroatoms. The van der Waals surface area contributed by atoms with Gasteiger partial charge in [0.25, 0.3) is 0 Å². The molecule has 1 aromatic heterocycles. The minimum atomic E-state index is -1.06. The number of nitriles is 2. The lowest BCUT2D eigenvalue weighted by molar-refractivity contribution is 0.0970. The van der Waals surface area contributed by atoms with Gasteiger partial charge in [0.05, 0.1) is 31.9 Å². The van der Waals surface area contributed by atoms with E-state index in [0.717, 1.165) is 5.39 Å². The summed E-state index contributed by atoms with van der Waals surface area (Å²) in [5.41, 5.74) is 1.58. The van der Waals surface area contributed by atoms with E-state index in [2.05, 4.69) is 4.98 Å². The van der Waals surface area contributed by atoms with Crippen LogP contribution in [0.4, 0.5) is 0 Å². The normalized spacial score (nSPS) is 11.5. The second kappa shape index (κ2) is 9.26. The van der Waals surface area contributed by atoms with Crippen LogP contribution in [0, 0.1) is 28.6 Å². The molecule has 0 N–H and O–H groups in total. The van der Waals surface area contributed by atoms with Crippen LogP contribution in [0.5, 0.6) is 11.5 Å². The molecule has 0 bridgehead atoms. The molecule has 0 aliphatic rings. The summed E-state index contributed by atoms with van der Waals surface area (Å²) in [6.07, 6.45) is -0.0823. The van der Waals surface area contributed by atoms with E-state index in [0.29, 0.717) is 28.1 Å². The standard InChI is InChI=1S/C23H18ClN3O3/c1-29-21-8-7-15(10-22(21)30-2)20(28)11-17(16(12-25)13-26)18-9-14-5-3-4-6-19(14)27-23(18)24/h3-10,16-17H,11H2,1-2H3. The Bertz CT molecular complexity index is 1170. The van der Waals surface area contributed by atoms with Crippen molar-refractivity contribution < 1.29 is 14.3 Å². The molecule has 1 heterocycles. The summed E-state index contributed by atoms with van der Waals surface area (Å²) >= 11 is 6.39. The van der Waals surface area contributed by atoms with Crippen LogP contribution in [0.25, 0.3) is 10.9 Å². The van der Waals surface area contributed by atoms with Crippen LogP contribution in [-0.4, -0.2) is 25.0 Å². The highest BCUT2D eigenvalue weighted by molar-refractivity contribution is 6.30. The minimum absolute atomic E-state index is 0.0823. The van der Waals surface area contributed by atoms with E-state index >= 15 is 0 Å². The molecule has 0 aliphatic heterocycles. The van der Waals surface area contributed by atoms with Crippen molar-refractivity contribution in [1.82, 2.24) is 4.98 Å². The van der Waals surface area contributed by atoms with Crippen molar-refractivity contribution in [1.29, 1.82) is 10.5 Å². The Hall–Kier alpha value is -3.61. The van der Waals surface area contributed by atoms with Gasteiger partial charge in [0, 0.05) is 23.3 Å². The van der Waals surface area contributed by atoms with Crippen LogP contribution in [0.15, 0.2) is 48.5 Å². The highest BCUT2D eigenvalue weighted by atomic mass is 35.5. The SMILES string of the molecule is COc1ccc(C(=O)CC(c2cc3ccccc3nc2Cl)C(C#N)C#N)cc1OC. The number of halogens is 1. The van der Waals surface area contributed by atoms with Gasteiger partial charge in [0.15, 0.2) is 17.3 Å². The van der Waals surface area contributed by atoms with Crippen LogP contribution >= 0.6 is 11.6 Å². The molecule has 3 rings (SSSR count). The molecular formula is C23H18ClN3O3. The van der Waals surface area contributed by atoms with Gasteiger partial charge in [0.1, 0.15) is 11.1 Å². The van der Waals surface area contributed by atoms with E-state index in [1.54, 1.807) is 24.3 Å². The summed E-state index contributed by atoms with van der Waals surface area (Å²) in [6, 6.07) is 18.0. The fourth-order valence-corrected chi connectivity index (χ4v) is 3.60. The minimum Gasteiger partial charge on any atom is -0.493 e. The molecule has 0 saturated carbocycles. The van der Waals surface area contributed by atoms with E-state index in [9.17, 15) is 15.3 Å². The number of hydrogen-bond donors (Lipinski definition) is 0. The maximum absolute atomic E-state index is 13.0. The van der Waals surface area contributed by atoms with Gasteiger partial charge in [-0.1, -0.05) is 29.8 Å². The predicted octanol–water partition coefficient (Wildman–Crippen LogP) is 4.93.